The molecule has 0 bridgehead atoms. The smallest absolute Gasteiger partial charge is 0.0679 e. The highest BCUT2D eigenvalue weighted by Crippen LogP contribution is 2.18. The fourth-order valence-electron chi connectivity index (χ4n) is 2.61. The summed E-state index contributed by atoms with van der Waals surface area (Å²) in [5, 5.41) is 9.51. The summed E-state index contributed by atoms with van der Waals surface area (Å²) >= 11 is 0. The van der Waals surface area contributed by atoms with Gasteiger partial charge in [0.05, 0.1) is 6.10 Å². The van der Waals surface area contributed by atoms with Gasteiger partial charge in [0.2, 0.25) is 0 Å². The molecule has 1 aromatic carbocycles. The van der Waals surface area contributed by atoms with E-state index >= 15 is 0 Å². The average Bonchev–Trinajstić information content (AvgIpc) is 2.78. The standard InChI is InChI=1S/C15H24N2O/c1-3-17(4-2)14-7-5-13(6-8-14)11-16-10-9-15(18)12-16/h5-8,15,18H,3-4,9-12H2,1-2H3/t15-/m1/s1. The molecule has 0 amide bonds. The van der Waals surface area contributed by atoms with Crippen molar-refractivity contribution in [1.82, 2.24) is 4.90 Å². The van der Waals surface area contributed by atoms with E-state index in [4.69, 9.17) is 0 Å². The molecule has 0 aromatic heterocycles. The van der Waals surface area contributed by atoms with Gasteiger partial charge in [-0.15, -0.1) is 0 Å². The first kappa shape index (κ1) is 13.4. The van der Waals surface area contributed by atoms with Crippen LogP contribution in [0.25, 0.3) is 0 Å². The minimum absolute atomic E-state index is 0.125. The molecular formula is C15H24N2O. The molecule has 0 radical (unpaired) electrons. The van der Waals surface area contributed by atoms with Crippen LogP contribution in [0.2, 0.25) is 0 Å². The lowest BCUT2D eigenvalue weighted by Crippen LogP contribution is -2.22. The molecule has 1 atom stereocenters. The lowest BCUT2D eigenvalue weighted by Gasteiger charge is -2.21. The molecule has 18 heavy (non-hydrogen) atoms. The van der Waals surface area contributed by atoms with Crippen molar-refractivity contribution in [3.8, 4) is 0 Å². The predicted octanol–water partition coefficient (Wildman–Crippen LogP) is 2.10. The van der Waals surface area contributed by atoms with E-state index in [2.05, 4.69) is 47.9 Å². The molecule has 1 heterocycles. The zero-order valence-corrected chi connectivity index (χ0v) is 11.5. The molecular weight excluding hydrogens is 224 g/mol. The minimum atomic E-state index is -0.125. The van der Waals surface area contributed by atoms with Gasteiger partial charge >= 0.3 is 0 Å². The lowest BCUT2D eigenvalue weighted by molar-refractivity contribution is 0.175. The molecule has 1 aliphatic rings. The van der Waals surface area contributed by atoms with Crippen molar-refractivity contribution in [2.75, 3.05) is 31.1 Å². The number of likely N-dealkylation sites (tertiary alicyclic amines) is 1. The largest absolute Gasteiger partial charge is 0.392 e. The first-order valence-corrected chi connectivity index (χ1v) is 6.97. The average molecular weight is 248 g/mol. The van der Waals surface area contributed by atoms with Crippen LogP contribution >= 0.6 is 0 Å². The van der Waals surface area contributed by atoms with Crippen molar-refractivity contribution < 1.29 is 5.11 Å². The summed E-state index contributed by atoms with van der Waals surface area (Å²) in [5.41, 5.74) is 2.63. The molecule has 1 aliphatic heterocycles. The van der Waals surface area contributed by atoms with E-state index in [1.807, 2.05) is 0 Å². The molecule has 1 N–H and O–H groups in total. The SMILES string of the molecule is CCN(CC)c1ccc(CN2CC[C@@H](O)C2)cc1. The van der Waals surface area contributed by atoms with Gasteiger partial charge in [0, 0.05) is 38.4 Å². The van der Waals surface area contributed by atoms with Crippen molar-refractivity contribution in [3.05, 3.63) is 29.8 Å². The van der Waals surface area contributed by atoms with E-state index < -0.39 is 0 Å². The molecule has 3 heteroatoms. The molecule has 2 rings (SSSR count). The van der Waals surface area contributed by atoms with Crippen LogP contribution in [0.1, 0.15) is 25.8 Å². The predicted molar refractivity (Wildman–Crippen MR) is 75.9 cm³/mol. The van der Waals surface area contributed by atoms with Crippen molar-refractivity contribution >= 4 is 5.69 Å². The van der Waals surface area contributed by atoms with Crippen molar-refractivity contribution in [1.29, 1.82) is 0 Å². The van der Waals surface area contributed by atoms with E-state index in [9.17, 15) is 5.11 Å². The maximum atomic E-state index is 9.51. The van der Waals surface area contributed by atoms with Crippen LogP contribution in [0, 0.1) is 0 Å². The van der Waals surface area contributed by atoms with Crippen LogP contribution in [-0.4, -0.2) is 42.3 Å². The van der Waals surface area contributed by atoms with Crippen LogP contribution in [0.5, 0.6) is 0 Å². The summed E-state index contributed by atoms with van der Waals surface area (Å²) in [6.45, 7) is 9.25. The quantitative estimate of drug-likeness (QED) is 0.864. The lowest BCUT2D eigenvalue weighted by atomic mass is 10.2. The van der Waals surface area contributed by atoms with Gasteiger partial charge in [-0.25, -0.2) is 0 Å². The number of hydrogen-bond acceptors (Lipinski definition) is 3. The summed E-state index contributed by atoms with van der Waals surface area (Å²) in [7, 11) is 0. The van der Waals surface area contributed by atoms with Gasteiger partial charge in [-0.1, -0.05) is 12.1 Å². The van der Waals surface area contributed by atoms with Crippen molar-refractivity contribution in [2.24, 2.45) is 0 Å². The van der Waals surface area contributed by atoms with Gasteiger partial charge in [-0.2, -0.15) is 0 Å². The Labute approximate surface area is 110 Å². The highest BCUT2D eigenvalue weighted by molar-refractivity contribution is 5.47. The summed E-state index contributed by atoms with van der Waals surface area (Å²) < 4.78 is 0. The maximum absolute atomic E-state index is 9.51. The third-order valence-electron chi connectivity index (χ3n) is 3.72. The number of anilines is 1. The molecule has 0 aliphatic carbocycles. The van der Waals surface area contributed by atoms with Gasteiger partial charge in [-0.05, 0) is 38.0 Å². The number of aliphatic hydroxyl groups is 1. The van der Waals surface area contributed by atoms with E-state index in [0.717, 1.165) is 39.1 Å². The Kier molecular flexibility index (Phi) is 4.61. The molecule has 0 saturated carbocycles. The molecule has 3 nitrogen and oxygen atoms in total. The molecule has 1 aromatic rings. The molecule has 0 unspecified atom stereocenters. The number of β-amino-alcohol motifs (C(OH)–C–C–N with tert-alkyl or cyclic N) is 1. The van der Waals surface area contributed by atoms with Gasteiger partial charge in [0.25, 0.3) is 0 Å². The van der Waals surface area contributed by atoms with E-state index in [-0.39, 0.29) is 6.10 Å². The second-order valence-corrected chi connectivity index (χ2v) is 5.02. The highest BCUT2D eigenvalue weighted by atomic mass is 16.3. The summed E-state index contributed by atoms with van der Waals surface area (Å²) in [6, 6.07) is 8.82. The normalized spacial score (nSPS) is 20.3. The Bertz CT molecular complexity index is 359. The summed E-state index contributed by atoms with van der Waals surface area (Å²) in [4.78, 5) is 4.67. The molecule has 1 fully saturated rings. The van der Waals surface area contributed by atoms with Crippen molar-refractivity contribution in [3.63, 3.8) is 0 Å². The Morgan fingerprint density at radius 2 is 1.89 bits per heavy atom. The van der Waals surface area contributed by atoms with Crippen LogP contribution in [-0.2, 0) is 6.54 Å². The zero-order chi connectivity index (χ0) is 13.0. The van der Waals surface area contributed by atoms with Crippen LogP contribution in [0.15, 0.2) is 24.3 Å². The third kappa shape index (κ3) is 3.24. The van der Waals surface area contributed by atoms with Gasteiger partial charge in [0.1, 0.15) is 0 Å². The number of hydrogen-bond donors (Lipinski definition) is 1. The number of benzene rings is 1. The van der Waals surface area contributed by atoms with Crippen LogP contribution < -0.4 is 4.90 Å². The minimum Gasteiger partial charge on any atom is -0.392 e. The van der Waals surface area contributed by atoms with Crippen molar-refractivity contribution in [2.45, 2.75) is 32.9 Å². The zero-order valence-electron chi connectivity index (χ0n) is 11.5. The highest BCUT2D eigenvalue weighted by Gasteiger charge is 2.19. The topological polar surface area (TPSA) is 26.7 Å². The third-order valence-corrected chi connectivity index (χ3v) is 3.72. The summed E-state index contributed by atoms with van der Waals surface area (Å²) in [6.07, 6.45) is 0.789. The van der Waals surface area contributed by atoms with Crippen LogP contribution in [0.4, 0.5) is 5.69 Å². The molecule has 1 saturated heterocycles. The number of aliphatic hydroxyl groups excluding tert-OH is 1. The number of nitrogens with zero attached hydrogens (tertiary/aromatic N) is 2. The van der Waals surface area contributed by atoms with E-state index in [0.29, 0.717) is 0 Å². The van der Waals surface area contributed by atoms with E-state index in [1.165, 1.54) is 11.3 Å². The molecule has 100 valence electrons. The van der Waals surface area contributed by atoms with E-state index in [1.54, 1.807) is 0 Å². The first-order chi connectivity index (χ1) is 8.72. The van der Waals surface area contributed by atoms with Crippen LogP contribution in [0.3, 0.4) is 0 Å². The second kappa shape index (κ2) is 6.21. The Balaban J connectivity index is 1.95. The van der Waals surface area contributed by atoms with Gasteiger partial charge in [-0.3, -0.25) is 4.90 Å². The second-order valence-electron chi connectivity index (χ2n) is 5.02. The Morgan fingerprint density at radius 1 is 1.22 bits per heavy atom. The Morgan fingerprint density at radius 3 is 2.39 bits per heavy atom. The fourth-order valence-corrected chi connectivity index (χ4v) is 2.61. The Hall–Kier alpha value is -1.06. The fraction of sp³-hybridized carbons (Fsp3) is 0.600. The monoisotopic (exact) mass is 248 g/mol. The maximum Gasteiger partial charge on any atom is 0.0679 e. The molecule has 0 spiro atoms. The van der Waals surface area contributed by atoms with Gasteiger partial charge in [0.15, 0.2) is 0 Å². The number of rotatable bonds is 5. The van der Waals surface area contributed by atoms with Gasteiger partial charge < -0.3 is 10.0 Å². The summed E-state index contributed by atoms with van der Waals surface area (Å²) in [5.74, 6) is 0. The first-order valence-electron chi connectivity index (χ1n) is 6.97.